The monoisotopic (exact) mass is 335 g/mol. The van der Waals surface area contributed by atoms with Crippen LogP contribution in [0.5, 0.6) is 0 Å². The van der Waals surface area contributed by atoms with Crippen LogP contribution in [0.15, 0.2) is 78.9 Å². The van der Waals surface area contributed by atoms with Crippen molar-refractivity contribution in [3.8, 4) is 11.1 Å². The molecule has 5 heteroatoms. The van der Waals surface area contributed by atoms with Crippen LogP contribution in [-0.2, 0) is 4.57 Å². The highest BCUT2D eigenvalue weighted by Crippen LogP contribution is 2.22. The van der Waals surface area contributed by atoms with Gasteiger partial charge in [-0.2, -0.15) is 0 Å². The Morgan fingerprint density at radius 3 is 2.29 bits per heavy atom. The second-order valence-electron chi connectivity index (χ2n) is 5.21. The number of carbonyl (C=O) groups is 1. The maximum atomic E-state index is 12.3. The topological polar surface area (TPSA) is 69.2 Å². The number of rotatable bonds is 4. The Morgan fingerprint density at radius 1 is 0.833 bits per heavy atom. The van der Waals surface area contributed by atoms with Gasteiger partial charge >= 0.3 is 8.03 Å². The minimum Gasteiger partial charge on any atom is -0.591 e. The fraction of sp³-hybridized carbons (Fsp3) is 0. The van der Waals surface area contributed by atoms with E-state index in [1.807, 2.05) is 48.5 Å². The standard InChI is InChI=1S/C19H14NO3P/c21-19(16-9-5-11-18(13-16)24(22)23)20-17-10-4-8-15(12-17)14-6-2-1-3-7-14/h1-13H,(H,20,21). The number of hydrogen-bond donors (Lipinski definition) is 1. The Kier molecular flexibility index (Phi) is 4.80. The van der Waals surface area contributed by atoms with Gasteiger partial charge in [-0.25, -0.2) is 0 Å². The van der Waals surface area contributed by atoms with Crippen LogP contribution in [0.2, 0.25) is 0 Å². The van der Waals surface area contributed by atoms with E-state index in [2.05, 4.69) is 5.32 Å². The summed E-state index contributed by atoms with van der Waals surface area (Å²) in [5.74, 6) is -0.348. The molecule has 0 saturated carbocycles. The van der Waals surface area contributed by atoms with Gasteiger partial charge in [0.2, 0.25) is 0 Å². The molecule has 0 radical (unpaired) electrons. The van der Waals surface area contributed by atoms with E-state index in [0.29, 0.717) is 11.3 Å². The molecule has 0 fully saturated rings. The summed E-state index contributed by atoms with van der Waals surface area (Å²) in [6.07, 6.45) is 0. The zero-order valence-corrected chi connectivity index (χ0v) is 13.6. The van der Waals surface area contributed by atoms with E-state index >= 15 is 0 Å². The first-order chi connectivity index (χ1) is 11.6. The lowest BCUT2D eigenvalue weighted by molar-refractivity contribution is -0.160. The molecule has 0 spiro atoms. The van der Waals surface area contributed by atoms with Gasteiger partial charge in [-0.1, -0.05) is 53.1 Å². The lowest BCUT2D eigenvalue weighted by Gasteiger charge is -2.08. The fourth-order valence-corrected chi connectivity index (χ4v) is 2.82. The van der Waals surface area contributed by atoms with Gasteiger partial charge in [0.05, 0.1) is 0 Å². The van der Waals surface area contributed by atoms with Crippen molar-refractivity contribution in [2.24, 2.45) is 0 Å². The molecule has 0 aliphatic heterocycles. The third kappa shape index (κ3) is 3.74. The molecule has 0 aliphatic rings. The first-order valence-electron chi connectivity index (χ1n) is 7.35. The summed E-state index contributed by atoms with van der Waals surface area (Å²) in [4.78, 5) is 23.4. The average Bonchev–Trinajstić information content (AvgIpc) is 2.63. The summed E-state index contributed by atoms with van der Waals surface area (Å²) in [5.41, 5.74) is 3.00. The molecule has 24 heavy (non-hydrogen) atoms. The van der Waals surface area contributed by atoms with Gasteiger partial charge in [0.1, 0.15) is 0 Å². The molecule has 1 N–H and O–H groups in total. The van der Waals surface area contributed by atoms with Crippen molar-refractivity contribution in [1.29, 1.82) is 0 Å². The number of benzene rings is 3. The first kappa shape index (κ1) is 16.1. The van der Waals surface area contributed by atoms with E-state index in [4.69, 9.17) is 0 Å². The van der Waals surface area contributed by atoms with Gasteiger partial charge in [0.25, 0.3) is 5.91 Å². The highest BCUT2D eigenvalue weighted by Gasteiger charge is 2.12. The summed E-state index contributed by atoms with van der Waals surface area (Å²) in [5, 5.41) is 2.92. The van der Waals surface area contributed by atoms with Crippen molar-refractivity contribution in [2.75, 3.05) is 5.32 Å². The molecule has 118 valence electrons. The summed E-state index contributed by atoms with van der Waals surface area (Å²) in [6, 6.07) is 23.3. The molecule has 0 saturated heterocycles. The quantitative estimate of drug-likeness (QED) is 0.744. The molecule has 3 rings (SSSR count). The zero-order valence-electron chi connectivity index (χ0n) is 12.7. The van der Waals surface area contributed by atoms with Crippen LogP contribution in [-0.4, -0.2) is 5.91 Å². The van der Waals surface area contributed by atoms with E-state index < -0.39 is 8.03 Å². The predicted molar refractivity (Wildman–Crippen MR) is 93.5 cm³/mol. The van der Waals surface area contributed by atoms with Crippen LogP contribution in [0.3, 0.4) is 0 Å². The van der Waals surface area contributed by atoms with Crippen molar-refractivity contribution >= 4 is 24.9 Å². The summed E-state index contributed by atoms with van der Waals surface area (Å²) in [7, 11) is -2.71. The Balaban J connectivity index is 1.82. The van der Waals surface area contributed by atoms with E-state index in [1.54, 1.807) is 18.2 Å². The minimum atomic E-state index is -2.71. The Bertz CT molecular complexity index is 894. The molecular weight excluding hydrogens is 321 g/mol. The van der Waals surface area contributed by atoms with E-state index in [0.717, 1.165) is 11.1 Å². The van der Waals surface area contributed by atoms with E-state index in [-0.39, 0.29) is 11.2 Å². The second kappa shape index (κ2) is 7.18. The zero-order chi connectivity index (χ0) is 16.9. The summed E-state index contributed by atoms with van der Waals surface area (Å²) < 4.78 is 11.0. The van der Waals surface area contributed by atoms with Gasteiger partial charge in [-0.15, -0.1) is 0 Å². The van der Waals surface area contributed by atoms with Gasteiger partial charge in [0.15, 0.2) is 5.30 Å². The normalized spacial score (nSPS) is 11.0. The molecule has 0 aromatic heterocycles. The maximum Gasteiger partial charge on any atom is 0.348 e. The highest BCUT2D eigenvalue weighted by molar-refractivity contribution is 7.45. The fourth-order valence-electron chi connectivity index (χ4n) is 2.37. The third-order valence-electron chi connectivity index (χ3n) is 3.55. The number of anilines is 1. The molecule has 0 aliphatic carbocycles. The number of nitrogens with one attached hydrogen (secondary N) is 1. The largest absolute Gasteiger partial charge is 0.591 e. The van der Waals surface area contributed by atoms with Crippen molar-refractivity contribution in [2.45, 2.75) is 0 Å². The van der Waals surface area contributed by atoms with Crippen LogP contribution in [0.1, 0.15) is 10.4 Å². The lowest BCUT2D eigenvalue weighted by Crippen LogP contribution is -2.14. The third-order valence-corrected chi connectivity index (χ3v) is 4.25. The number of amides is 1. The van der Waals surface area contributed by atoms with Crippen LogP contribution in [0.25, 0.3) is 11.1 Å². The Labute approximate surface area is 140 Å². The number of carbonyl (C=O) groups excluding carboxylic acids is 1. The Hall–Kier alpha value is -2.81. The van der Waals surface area contributed by atoms with Crippen LogP contribution < -0.4 is 15.5 Å². The van der Waals surface area contributed by atoms with E-state index in [1.165, 1.54) is 12.1 Å². The van der Waals surface area contributed by atoms with Gasteiger partial charge in [-0.05, 0) is 35.4 Å². The molecule has 3 aromatic rings. The second-order valence-corrected chi connectivity index (χ2v) is 6.24. The van der Waals surface area contributed by atoms with Gasteiger partial charge in [-0.3, -0.25) is 4.79 Å². The minimum absolute atomic E-state index is 0.121. The molecular formula is C19H14NO3P. The molecule has 3 aromatic carbocycles. The molecule has 1 amide bonds. The molecule has 1 atom stereocenters. The lowest BCUT2D eigenvalue weighted by atomic mass is 10.1. The van der Waals surface area contributed by atoms with Crippen molar-refractivity contribution in [3.63, 3.8) is 0 Å². The predicted octanol–water partition coefficient (Wildman–Crippen LogP) is 3.33. The summed E-state index contributed by atoms with van der Waals surface area (Å²) >= 11 is 0. The molecule has 0 heterocycles. The SMILES string of the molecule is O=C(Nc1cccc(-c2ccccc2)c1)c1cccc([P+](=O)[O-])c1. The van der Waals surface area contributed by atoms with Crippen molar-refractivity contribution < 1.29 is 14.3 Å². The van der Waals surface area contributed by atoms with Crippen LogP contribution >= 0.6 is 8.03 Å². The van der Waals surface area contributed by atoms with Gasteiger partial charge in [0, 0.05) is 17.3 Å². The van der Waals surface area contributed by atoms with E-state index in [9.17, 15) is 14.3 Å². The average molecular weight is 335 g/mol. The van der Waals surface area contributed by atoms with Crippen LogP contribution in [0.4, 0.5) is 5.69 Å². The highest BCUT2D eigenvalue weighted by atomic mass is 31.1. The van der Waals surface area contributed by atoms with Gasteiger partial charge < -0.3 is 10.2 Å². The number of hydrogen-bond acceptors (Lipinski definition) is 3. The Morgan fingerprint density at radius 2 is 1.54 bits per heavy atom. The maximum absolute atomic E-state index is 12.3. The summed E-state index contributed by atoms with van der Waals surface area (Å²) in [6.45, 7) is 0. The molecule has 1 unspecified atom stereocenters. The smallest absolute Gasteiger partial charge is 0.348 e. The van der Waals surface area contributed by atoms with Crippen molar-refractivity contribution in [1.82, 2.24) is 0 Å². The molecule has 0 bridgehead atoms. The van der Waals surface area contributed by atoms with Crippen molar-refractivity contribution in [3.05, 3.63) is 84.4 Å². The first-order valence-corrected chi connectivity index (χ1v) is 8.52. The molecule has 4 nitrogen and oxygen atoms in total. The van der Waals surface area contributed by atoms with Crippen LogP contribution in [0, 0.1) is 0 Å².